The van der Waals surface area contributed by atoms with Crippen LogP contribution in [0.4, 0.5) is 21.6 Å². The van der Waals surface area contributed by atoms with E-state index in [9.17, 15) is 9.18 Å². The molecule has 5 aromatic rings. The lowest BCUT2D eigenvalue weighted by molar-refractivity contribution is 0.0940. The summed E-state index contributed by atoms with van der Waals surface area (Å²) >= 11 is 1.54. The van der Waals surface area contributed by atoms with Crippen LogP contribution in [-0.2, 0) is 0 Å². The highest BCUT2D eigenvalue weighted by molar-refractivity contribution is 7.99. The van der Waals surface area contributed by atoms with Gasteiger partial charge in [-0.1, -0.05) is 37.7 Å². The molecule has 0 saturated carbocycles. The molecule has 202 valence electrons. The van der Waals surface area contributed by atoms with Gasteiger partial charge in [-0.25, -0.2) is 19.3 Å². The van der Waals surface area contributed by atoms with Gasteiger partial charge in [-0.2, -0.15) is 0 Å². The quantitative estimate of drug-likeness (QED) is 0.174. The Labute approximate surface area is 236 Å². The largest absolute Gasteiger partial charge is 0.399 e. The Morgan fingerprint density at radius 2 is 1.68 bits per heavy atom. The predicted molar refractivity (Wildman–Crippen MR) is 158 cm³/mol. The van der Waals surface area contributed by atoms with E-state index in [1.807, 2.05) is 49.4 Å². The number of halogens is 1. The first-order chi connectivity index (χ1) is 19.3. The molecular weight excluding hydrogens is 523 g/mol. The van der Waals surface area contributed by atoms with Crippen LogP contribution in [0, 0.1) is 5.82 Å². The Morgan fingerprint density at radius 3 is 2.40 bits per heavy atom. The summed E-state index contributed by atoms with van der Waals surface area (Å²) < 4.78 is 13.4. The molecular formula is C31H29FN6OS. The zero-order valence-corrected chi connectivity index (χ0v) is 23.2. The minimum atomic E-state index is -0.319. The molecule has 40 heavy (non-hydrogen) atoms. The third-order valence-corrected chi connectivity index (χ3v) is 7.51. The van der Waals surface area contributed by atoms with E-state index in [2.05, 4.69) is 34.4 Å². The second kappa shape index (κ2) is 11.7. The van der Waals surface area contributed by atoms with Gasteiger partial charge in [0.1, 0.15) is 18.0 Å². The maximum absolute atomic E-state index is 13.4. The summed E-state index contributed by atoms with van der Waals surface area (Å²) in [6.45, 7) is 6.03. The second-order valence-corrected chi connectivity index (χ2v) is 10.9. The van der Waals surface area contributed by atoms with Crippen molar-refractivity contribution in [2.45, 2.75) is 42.5 Å². The van der Waals surface area contributed by atoms with Crippen molar-refractivity contribution in [1.82, 2.24) is 20.3 Å². The van der Waals surface area contributed by atoms with Crippen molar-refractivity contribution < 1.29 is 9.18 Å². The van der Waals surface area contributed by atoms with Crippen LogP contribution in [0.25, 0.3) is 11.0 Å². The van der Waals surface area contributed by atoms with Crippen LogP contribution in [-0.4, -0.2) is 20.9 Å². The van der Waals surface area contributed by atoms with E-state index in [0.29, 0.717) is 28.4 Å². The number of nitrogens with zero attached hydrogens (tertiary/aromatic N) is 3. The van der Waals surface area contributed by atoms with Crippen LogP contribution >= 0.6 is 11.8 Å². The Kier molecular flexibility index (Phi) is 7.93. The van der Waals surface area contributed by atoms with Gasteiger partial charge in [0.25, 0.3) is 5.91 Å². The number of pyridine rings is 1. The number of anilines is 3. The number of nitrogens with two attached hydrogens (primary N) is 1. The number of carbonyl (C=O) groups excluding carboxylic acids is 1. The summed E-state index contributed by atoms with van der Waals surface area (Å²) in [7, 11) is 0. The summed E-state index contributed by atoms with van der Waals surface area (Å²) in [5, 5.41) is 7.20. The zero-order chi connectivity index (χ0) is 28.2. The fourth-order valence-corrected chi connectivity index (χ4v) is 5.02. The molecule has 3 aromatic carbocycles. The molecule has 1 atom stereocenters. The van der Waals surface area contributed by atoms with Crippen molar-refractivity contribution in [3.8, 4) is 0 Å². The summed E-state index contributed by atoms with van der Waals surface area (Å²) in [6.07, 6.45) is 1.48. The Hall–Kier alpha value is -4.50. The molecule has 0 saturated heterocycles. The van der Waals surface area contributed by atoms with Crippen LogP contribution in [0.5, 0.6) is 0 Å². The van der Waals surface area contributed by atoms with E-state index in [0.717, 1.165) is 26.4 Å². The predicted octanol–water partition coefficient (Wildman–Crippen LogP) is 7.26. The molecule has 2 heterocycles. The maximum Gasteiger partial charge on any atom is 0.251 e. The first-order valence-corrected chi connectivity index (χ1v) is 13.7. The molecule has 1 unspecified atom stereocenters. The first kappa shape index (κ1) is 27.1. The van der Waals surface area contributed by atoms with Crippen molar-refractivity contribution in [2.24, 2.45) is 0 Å². The van der Waals surface area contributed by atoms with Gasteiger partial charge in [-0.05, 0) is 85.1 Å². The number of hydrogen-bond acceptors (Lipinski definition) is 7. The molecule has 4 N–H and O–H groups in total. The van der Waals surface area contributed by atoms with Gasteiger partial charge in [0, 0.05) is 26.7 Å². The van der Waals surface area contributed by atoms with Crippen molar-refractivity contribution in [3.63, 3.8) is 0 Å². The van der Waals surface area contributed by atoms with Gasteiger partial charge in [-0.3, -0.25) is 4.79 Å². The number of nitrogens with one attached hydrogen (secondary N) is 2. The molecule has 0 spiro atoms. The summed E-state index contributed by atoms with van der Waals surface area (Å²) in [6, 6.07) is 22.8. The maximum atomic E-state index is 13.4. The lowest BCUT2D eigenvalue weighted by atomic mass is 10.1. The number of nitrogen functional groups attached to an aromatic ring is 1. The van der Waals surface area contributed by atoms with Gasteiger partial charge < -0.3 is 16.4 Å². The summed E-state index contributed by atoms with van der Waals surface area (Å²) in [5.74, 6) is 0.287. The Bertz CT molecular complexity index is 1660. The lowest BCUT2D eigenvalue weighted by Gasteiger charge is -2.17. The standard InChI is InChI=1S/C31H29FN6OS/c1-18(2)26-14-13-25-29(37-26)34-17-35-30(25)38-27-16-21(6-15-28(27)40-24-11-9-23(33)10-12-24)31(39)36-19(3)20-4-7-22(32)8-5-20/h4-19H,33H2,1-3H3,(H,36,39)(H,34,35,37,38). The fraction of sp³-hybridized carbons (Fsp3) is 0.161. The van der Waals surface area contributed by atoms with Gasteiger partial charge in [0.2, 0.25) is 0 Å². The number of hydrogen-bond donors (Lipinski definition) is 3. The zero-order valence-electron chi connectivity index (χ0n) is 22.4. The number of carbonyl (C=O) groups is 1. The lowest BCUT2D eigenvalue weighted by Crippen LogP contribution is -2.26. The second-order valence-electron chi connectivity index (χ2n) is 9.74. The average Bonchev–Trinajstić information content (AvgIpc) is 2.95. The minimum Gasteiger partial charge on any atom is -0.399 e. The van der Waals surface area contributed by atoms with E-state index in [4.69, 9.17) is 10.7 Å². The van der Waals surface area contributed by atoms with Gasteiger partial charge >= 0.3 is 0 Å². The molecule has 0 aliphatic heterocycles. The Balaban J connectivity index is 1.48. The van der Waals surface area contributed by atoms with E-state index in [-0.39, 0.29) is 23.7 Å². The normalized spacial score (nSPS) is 11.9. The van der Waals surface area contributed by atoms with E-state index in [1.54, 1.807) is 36.0 Å². The van der Waals surface area contributed by atoms with Crippen LogP contribution in [0.3, 0.4) is 0 Å². The monoisotopic (exact) mass is 552 g/mol. The molecule has 0 fully saturated rings. The average molecular weight is 553 g/mol. The van der Waals surface area contributed by atoms with Gasteiger partial charge in [0.15, 0.2) is 5.65 Å². The highest BCUT2D eigenvalue weighted by atomic mass is 32.2. The third-order valence-electron chi connectivity index (χ3n) is 6.43. The number of aromatic nitrogens is 3. The highest BCUT2D eigenvalue weighted by Crippen LogP contribution is 2.37. The smallest absolute Gasteiger partial charge is 0.251 e. The van der Waals surface area contributed by atoms with Crippen LogP contribution < -0.4 is 16.4 Å². The molecule has 0 bridgehead atoms. The van der Waals surface area contributed by atoms with Gasteiger partial charge in [-0.15, -0.1) is 0 Å². The van der Waals surface area contributed by atoms with Crippen molar-refractivity contribution in [3.05, 3.63) is 108 Å². The molecule has 9 heteroatoms. The molecule has 5 rings (SSSR count). The number of amides is 1. The summed E-state index contributed by atoms with van der Waals surface area (Å²) in [5.41, 5.74) is 10.1. The molecule has 1 amide bonds. The van der Waals surface area contributed by atoms with Gasteiger partial charge in [0.05, 0.1) is 17.1 Å². The van der Waals surface area contributed by atoms with E-state index >= 15 is 0 Å². The molecule has 2 aromatic heterocycles. The Morgan fingerprint density at radius 1 is 0.925 bits per heavy atom. The van der Waals surface area contributed by atoms with E-state index < -0.39 is 0 Å². The number of fused-ring (bicyclic) bond motifs is 1. The minimum absolute atomic E-state index is 0.250. The van der Waals surface area contributed by atoms with Crippen molar-refractivity contribution >= 4 is 45.9 Å². The third kappa shape index (κ3) is 6.21. The van der Waals surface area contributed by atoms with Crippen molar-refractivity contribution in [2.75, 3.05) is 11.1 Å². The van der Waals surface area contributed by atoms with Crippen LogP contribution in [0.1, 0.15) is 54.3 Å². The SMILES string of the molecule is CC(C)c1ccc2c(Nc3cc(C(=O)NC(C)c4ccc(F)cc4)ccc3Sc3ccc(N)cc3)ncnc2n1. The molecule has 0 aliphatic carbocycles. The van der Waals surface area contributed by atoms with Crippen molar-refractivity contribution in [1.29, 1.82) is 0 Å². The molecule has 7 nitrogen and oxygen atoms in total. The first-order valence-electron chi connectivity index (χ1n) is 12.9. The molecule has 0 aliphatic rings. The molecule has 0 radical (unpaired) electrons. The number of benzene rings is 3. The van der Waals surface area contributed by atoms with E-state index in [1.165, 1.54) is 18.5 Å². The number of rotatable bonds is 8. The highest BCUT2D eigenvalue weighted by Gasteiger charge is 2.16. The van der Waals surface area contributed by atoms with Crippen LogP contribution in [0.15, 0.2) is 95.0 Å². The van der Waals surface area contributed by atoms with Crippen LogP contribution in [0.2, 0.25) is 0 Å². The fourth-order valence-electron chi connectivity index (χ4n) is 4.14. The topological polar surface area (TPSA) is 106 Å². The summed E-state index contributed by atoms with van der Waals surface area (Å²) in [4.78, 5) is 28.7.